The number of carbonyl (C=O) groups is 2. The molecule has 7 nitrogen and oxygen atoms in total. The number of anilines is 1. The highest BCUT2D eigenvalue weighted by molar-refractivity contribution is 7.07. The third kappa shape index (κ3) is 6.16. The smallest absolute Gasteiger partial charge is 0.430 e. The summed E-state index contributed by atoms with van der Waals surface area (Å²) in [4.78, 5) is 32.5. The number of nitrogens with one attached hydrogen (secondary N) is 3. The van der Waals surface area contributed by atoms with Crippen LogP contribution in [0.4, 0.5) is 18.9 Å². The number of H-pyrrole nitrogens is 2. The van der Waals surface area contributed by atoms with Gasteiger partial charge in [0.15, 0.2) is 16.7 Å². The van der Waals surface area contributed by atoms with Gasteiger partial charge in [-0.05, 0) is 24.1 Å². The number of carboxylic acid groups (broad SMARTS) is 1. The molecule has 0 saturated carbocycles. The third-order valence-electron chi connectivity index (χ3n) is 4.65. The minimum atomic E-state index is -5.19. The number of hydrogen-bond acceptors (Lipinski definition) is 5. The number of thiazole rings is 1. The summed E-state index contributed by atoms with van der Waals surface area (Å²) in [6, 6.07) is 15.7. The van der Waals surface area contributed by atoms with E-state index in [1.165, 1.54) is 0 Å². The topological polar surface area (TPSA) is 112 Å². The molecule has 0 bridgehead atoms. The maximum absolute atomic E-state index is 12.7. The van der Waals surface area contributed by atoms with Crippen LogP contribution < -0.4 is 15.4 Å². The lowest BCUT2D eigenvalue weighted by Gasteiger charge is -2.15. The van der Waals surface area contributed by atoms with Crippen molar-refractivity contribution in [2.24, 2.45) is 0 Å². The molecule has 0 aliphatic carbocycles. The Bertz CT molecular complexity index is 1220. The number of carboxylic acids is 1. The van der Waals surface area contributed by atoms with Crippen LogP contribution in [0.3, 0.4) is 0 Å². The lowest BCUT2D eigenvalue weighted by atomic mass is 9.95. The van der Waals surface area contributed by atoms with Crippen LogP contribution in [0.5, 0.6) is 0 Å². The Hall–Kier alpha value is -3.73. The summed E-state index contributed by atoms with van der Waals surface area (Å²) < 4.78 is 31.5. The molecule has 0 aliphatic heterocycles. The van der Waals surface area contributed by atoms with Gasteiger partial charge in [-0.2, -0.15) is 13.2 Å². The molecule has 0 radical (unpaired) electrons. The van der Waals surface area contributed by atoms with Crippen LogP contribution in [0.2, 0.25) is 0 Å². The first kappa shape index (κ1) is 23.9. The van der Waals surface area contributed by atoms with Gasteiger partial charge in [0.2, 0.25) is 5.91 Å². The van der Waals surface area contributed by atoms with Crippen LogP contribution >= 0.6 is 11.3 Å². The minimum absolute atomic E-state index is 0.00769. The lowest BCUT2D eigenvalue weighted by molar-refractivity contribution is -0.344. The first-order chi connectivity index (χ1) is 15.7. The number of nitrogens with zero attached hydrogens (tertiary/aromatic N) is 1. The van der Waals surface area contributed by atoms with E-state index in [0.29, 0.717) is 0 Å². The quantitative estimate of drug-likeness (QED) is 0.459. The number of amides is 1. The van der Waals surface area contributed by atoms with E-state index in [1.807, 2.05) is 60.8 Å². The number of hydrogen-bond donors (Lipinski definition) is 2. The summed E-state index contributed by atoms with van der Waals surface area (Å²) in [5.41, 5.74) is 6.39. The number of halogens is 3. The number of imidazole rings is 1. The molecule has 1 amide bonds. The van der Waals surface area contributed by atoms with Crippen LogP contribution in [-0.2, 0) is 9.59 Å². The zero-order valence-corrected chi connectivity index (χ0v) is 18.1. The highest BCUT2D eigenvalue weighted by Crippen LogP contribution is 2.23. The molecule has 33 heavy (non-hydrogen) atoms. The van der Waals surface area contributed by atoms with E-state index in [9.17, 15) is 18.0 Å². The highest BCUT2D eigenvalue weighted by Gasteiger charge is 2.28. The van der Waals surface area contributed by atoms with Gasteiger partial charge in [-0.3, -0.25) is 4.79 Å². The van der Waals surface area contributed by atoms with Crippen LogP contribution in [0.25, 0.3) is 22.6 Å². The number of aromatic nitrogens is 3. The maximum Gasteiger partial charge on any atom is 0.430 e. The summed E-state index contributed by atoms with van der Waals surface area (Å²) in [6.07, 6.45) is -4.44. The van der Waals surface area contributed by atoms with Gasteiger partial charge in [-0.1, -0.05) is 37.3 Å². The molecule has 172 valence electrons. The van der Waals surface area contributed by atoms with Crippen molar-refractivity contribution in [3.8, 4) is 11.5 Å². The molecule has 3 N–H and O–H groups in total. The fourth-order valence-electron chi connectivity index (χ4n) is 3.09. The summed E-state index contributed by atoms with van der Waals surface area (Å²) in [5, 5.41) is 13.8. The number of rotatable bonds is 5. The molecule has 4 rings (SSSR count). The second-order valence-electron chi connectivity index (χ2n) is 6.91. The predicted molar refractivity (Wildman–Crippen MR) is 115 cm³/mol. The SMILES string of the molecule is CCC(C(=O)Nc1ccc2[nH+]c(-c3cscn3)[nH]c2c1)c1ccccc1.O=C([O-])C(F)(F)F. The molecule has 0 fully saturated rings. The Balaban J connectivity index is 0.000000383. The van der Waals surface area contributed by atoms with Gasteiger partial charge in [-0.25, -0.2) is 15.0 Å². The van der Waals surface area contributed by atoms with Crippen molar-refractivity contribution in [2.45, 2.75) is 25.4 Å². The zero-order chi connectivity index (χ0) is 24.0. The predicted octanol–water partition coefficient (Wildman–Crippen LogP) is 3.54. The molecule has 1 atom stereocenters. The van der Waals surface area contributed by atoms with E-state index in [-0.39, 0.29) is 11.8 Å². The second-order valence-corrected chi connectivity index (χ2v) is 7.62. The van der Waals surface area contributed by atoms with Crippen molar-refractivity contribution in [3.05, 3.63) is 65.0 Å². The fraction of sp³-hybridized carbons (Fsp3) is 0.182. The van der Waals surface area contributed by atoms with Gasteiger partial charge in [0, 0.05) is 17.1 Å². The standard InChI is InChI=1S/C20H18N4OS.C2HF3O2/c1-2-15(13-6-4-3-5-7-13)20(25)22-14-8-9-16-17(10-14)24-19(23-16)18-11-26-12-21-18;3-2(4,5)1(6)7/h3-12,15H,2H2,1H3,(H,22,25)(H,23,24);(H,6,7). The Kier molecular flexibility index (Phi) is 7.44. The average Bonchev–Trinajstić information content (AvgIpc) is 3.44. The largest absolute Gasteiger partial charge is 0.542 e. The number of carbonyl (C=O) groups excluding carboxylic acids is 2. The van der Waals surface area contributed by atoms with Gasteiger partial charge >= 0.3 is 12.0 Å². The first-order valence-corrected chi connectivity index (χ1v) is 10.7. The molecule has 11 heteroatoms. The monoisotopic (exact) mass is 476 g/mol. The lowest BCUT2D eigenvalue weighted by Crippen LogP contribution is -2.37. The Labute approximate surface area is 190 Å². The van der Waals surface area contributed by atoms with E-state index >= 15 is 0 Å². The van der Waals surface area contributed by atoms with Crippen molar-refractivity contribution in [3.63, 3.8) is 0 Å². The van der Waals surface area contributed by atoms with Crippen molar-refractivity contribution in [2.75, 3.05) is 5.32 Å². The van der Waals surface area contributed by atoms with Crippen molar-refractivity contribution in [1.82, 2.24) is 9.97 Å². The molecule has 4 aromatic rings. The molecule has 2 aromatic heterocycles. The molecule has 0 aliphatic rings. The summed E-state index contributed by atoms with van der Waals surface area (Å²) >= 11 is 1.55. The first-order valence-electron chi connectivity index (χ1n) is 9.76. The van der Waals surface area contributed by atoms with Crippen LogP contribution in [0.1, 0.15) is 24.8 Å². The van der Waals surface area contributed by atoms with Gasteiger partial charge in [0.25, 0.3) is 0 Å². The number of benzene rings is 2. The number of fused-ring (bicyclic) bond motifs is 1. The minimum Gasteiger partial charge on any atom is -0.542 e. The van der Waals surface area contributed by atoms with E-state index in [1.54, 1.807) is 16.8 Å². The van der Waals surface area contributed by atoms with Crippen molar-refractivity contribution in [1.29, 1.82) is 0 Å². The Morgan fingerprint density at radius 2 is 1.91 bits per heavy atom. The normalized spacial score (nSPS) is 12.0. The van der Waals surface area contributed by atoms with E-state index in [0.717, 1.165) is 40.2 Å². The average molecular weight is 476 g/mol. The summed E-state index contributed by atoms with van der Waals surface area (Å²) in [5.74, 6) is -2.30. The van der Waals surface area contributed by atoms with E-state index in [2.05, 4.69) is 20.3 Å². The zero-order valence-electron chi connectivity index (χ0n) is 17.3. The van der Waals surface area contributed by atoms with Crippen LogP contribution in [-0.4, -0.2) is 28.0 Å². The van der Waals surface area contributed by atoms with Gasteiger partial charge in [-0.15, -0.1) is 11.3 Å². The van der Waals surface area contributed by atoms with E-state index < -0.39 is 12.1 Å². The number of aromatic amines is 2. The van der Waals surface area contributed by atoms with E-state index in [4.69, 9.17) is 9.90 Å². The Morgan fingerprint density at radius 3 is 2.48 bits per heavy atom. The highest BCUT2D eigenvalue weighted by atomic mass is 32.1. The van der Waals surface area contributed by atoms with Crippen LogP contribution in [0.15, 0.2) is 59.4 Å². The molecule has 0 saturated heterocycles. The maximum atomic E-state index is 12.7. The second kappa shape index (κ2) is 10.3. The molecule has 2 heterocycles. The summed E-state index contributed by atoms with van der Waals surface area (Å²) in [6.45, 7) is 2.03. The molecule has 1 unspecified atom stereocenters. The van der Waals surface area contributed by atoms with Gasteiger partial charge in [0.05, 0.1) is 11.4 Å². The fourth-order valence-corrected chi connectivity index (χ4v) is 3.63. The van der Waals surface area contributed by atoms with Gasteiger partial charge in [0.1, 0.15) is 5.97 Å². The molecular weight excluding hydrogens is 457 g/mol. The molecule has 2 aromatic carbocycles. The van der Waals surface area contributed by atoms with Crippen molar-refractivity contribution >= 4 is 39.9 Å². The van der Waals surface area contributed by atoms with Crippen molar-refractivity contribution < 1.29 is 32.9 Å². The third-order valence-corrected chi connectivity index (χ3v) is 5.24. The summed E-state index contributed by atoms with van der Waals surface area (Å²) in [7, 11) is 0. The molecule has 0 spiro atoms. The van der Waals surface area contributed by atoms with Crippen LogP contribution in [0, 0.1) is 0 Å². The Morgan fingerprint density at radius 1 is 1.21 bits per heavy atom. The van der Waals surface area contributed by atoms with Gasteiger partial charge < -0.3 is 15.2 Å². The number of aliphatic carboxylic acids is 1. The number of alkyl halides is 3. The molecular formula is C22H19F3N4O3S.